The van der Waals surface area contributed by atoms with Crippen molar-refractivity contribution in [2.24, 2.45) is 0 Å². The lowest BCUT2D eigenvalue weighted by Gasteiger charge is -2.12. The van der Waals surface area contributed by atoms with Gasteiger partial charge in [0.1, 0.15) is 11.2 Å². The van der Waals surface area contributed by atoms with Gasteiger partial charge in [0.2, 0.25) is 0 Å². The Kier molecular flexibility index (Phi) is 7.43. The average Bonchev–Trinajstić information content (AvgIpc) is 3.62. The highest BCUT2D eigenvalue weighted by Crippen LogP contribution is 2.39. The summed E-state index contributed by atoms with van der Waals surface area (Å²) in [6, 6.07) is 65.2. The Bertz CT molecular complexity index is 2920. The first-order valence-corrected chi connectivity index (χ1v) is 17.8. The van der Waals surface area contributed by atoms with Crippen LogP contribution in [0.3, 0.4) is 0 Å². The Balaban J connectivity index is 1.13. The normalized spacial score (nSPS) is 11.4. The highest BCUT2D eigenvalue weighted by atomic mass is 16.3. The number of furan rings is 1. The lowest BCUT2D eigenvalue weighted by atomic mass is 9.98. The minimum atomic E-state index is 0.584. The van der Waals surface area contributed by atoms with Gasteiger partial charge in [-0.1, -0.05) is 164 Å². The number of aromatic nitrogens is 3. The predicted molar refractivity (Wildman–Crippen MR) is 217 cm³/mol. The summed E-state index contributed by atoms with van der Waals surface area (Å²) >= 11 is 0. The average molecular weight is 678 g/mol. The molecule has 2 heterocycles. The maximum atomic E-state index is 6.50. The number of rotatable bonds is 6. The molecule has 0 unspecified atom stereocenters. The van der Waals surface area contributed by atoms with Gasteiger partial charge in [0.15, 0.2) is 17.5 Å². The van der Waals surface area contributed by atoms with Crippen molar-refractivity contribution in [1.82, 2.24) is 15.0 Å². The highest BCUT2D eigenvalue weighted by Gasteiger charge is 2.18. The summed E-state index contributed by atoms with van der Waals surface area (Å²) in [4.78, 5) is 15.4. The molecule has 2 aromatic heterocycles. The van der Waals surface area contributed by atoms with Gasteiger partial charge in [0.25, 0.3) is 0 Å². The van der Waals surface area contributed by atoms with Crippen molar-refractivity contribution in [2.75, 3.05) is 0 Å². The van der Waals surface area contributed by atoms with Crippen molar-refractivity contribution in [3.8, 4) is 67.5 Å². The number of hydrogen-bond acceptors (Lipinski definition) is 4. The second-order valence-electron chi connectivity index (χ2n) is 13.2. The summed E-state index contributed by atoms with van der Waals surface area (Å²) in [5.74, 6) is 1.81. The van der Waals surface area contributed by atoms with Crippen LogP contribution in [0.2, 0.25) is 0 Å². The van der Waals surface area contributed by atoms with E-state index in [0.29, 0.717) is 17.5 Å². The van der Waals surface area contributed by atoms with Crippen molar-refractivity contribution in [2.45, 2.75) is 0 Å². The Morgan fingerprint density at radius 2 is 0.830 bits per heavy atom. The zero-order valence-corrected chi connectivity index (χ0v) is 28.6. The predicted octanol–water partition coefficient (Wildman–Crippen LogP) is 12.9. The molecule has 10 rings (SSSR count). The molecular weight excluding hydrogens is 647 g/mol. The van der Waals surface area contributed by atoms with Gasteiger partial charge in [-0.25, -0.2) is 15.0 Å². The molecule has 0 atom stereocenters. The maximum absolute atomic E-state index is 6.50. The van der Waals surface area contributed by atoms with Crippen LogP contribution < -0.4 is 0 Å². The molecule has 0 radical (unpaired) electrons. The molecule has 0 aliphatic rings. The second kappa shape index (κ2) is 12.9. The van der Waals surface area contributed by atoms with Gasteiger partial charge in [-0.15, -0.1) is 0 Å². The third kappa shape index (κ3) is 5.63. The molecule has 0 fully saturated rings. The first-order chi connectivity index (χ1) is 26.2. The topological polar surface area (TPSA) is 51.8 Å². The van der Waals surface area contributed by atoms with Gasteiger partial charge in [0.05, 0.1) is 0 Å². The summed E-state index contributed by atoms with van der Waals surface area (Å²) in [5.41, 5.74) is 11.3. The van der Waals surface area contributed by atoms with E-state index in [2.05, 4.69) is 164 Å². The molecule has 0 N–H and O–H groups in total. The first-order valence-electron chi connectivity index (χ1n) is 17.8. The van der Waals surface area contributed by atoms with Gasteiger partial charge in [-0.05, 0) is 68.4 Å². The monoisotopic (exact) mass is 677 g/mol. The summed E-state index contributed by atoms with van der Waals surface area (Å²) in [7, 11) is 0. The van der Waals surface area contributed by atoms with Gasteiger partial charge < -0.3 is 4.42 Å². The summed E-state index contributed by atoms with van der Waals surface area (Å²) in [5, 5.41) is 4.35. The molecule has 248 valence electrons. The Labute approximate surface area is 306 Å². The van der Waals surface area contributed by atoms with Crippen LogP contribution in [0, 0.1) is 0 Å². The van der Waals surface area contributed by atoms with E-state index in [9.17, 15) is 0 Å². The van der Waals surface area contributed by atoms with Crippen molar-refractivity contribution in [3.63, 3.8) is 0 Å². The van der Waals surface area contributed by atoms with E-state index in [1.807, 2.05) is 24.3 Å². The van der Waals surface area contributed by atoms with Crippen LogP contribution in [0.1, 0.15) is 0 Å². The van der Waals surface area contributed by atoms with Crippen molar-refractivity contribution in [1.29, 1.82) is 0 Å². The van der Waals surface area contributed by atoms with E-state index in [-0.39, 0.29) is 0 Å². The van der Waals surface area contributed by atoms with Gasteiger partial charge >= 0.3 is 0 Å². The molecule has 0 saturated carbocycles. The summed E-state index contributed by atoms with van der Waals surface area (Å²) in [6.07, 6.45) is 0. The second-order valence-corrected chi connectivity index (χ2v) is 13.2. The number of nitrogens with zero attached hydrogens (tertiary/aromatic N) is 3. The van der Waals surface area contributed by atoms with E-state index >= 15 is 0 Å². The van der Waals surface area contributed by atoms with E-state index < -0.39 is 0 Å². The molecule has 0 bridgehead atoms. The maximum Gasteiger partial charge on any atom is 0.164 e. The number of hydrogen-bond donors (Lipinski definition) is 0. The standard InChI is InChI=1S/C49H31N3O/c1-4-12-32(13-5-1)34-22-24-36(25-23-34)47-50-48(39-27-29-43-45(31-39)53-44-21-11-19-41(46(43)44)35-16-8-3-9-17-35)52-49(51-47)42-20-10-18-38-30-37(26-28-40(38)42)33-14-6-2-7-15-33/h1-31H. The molecule has 0 aliphatic carbocycles. The van der Waals surface area contributed by atoms with Crippen LogP contribution >= 0.6 is 0 Å². The zero-order valence-electron chi connectivity index (χ0n) is 28.6. The third-order valence-electron chi connectivity index (χ3n) is 9.95. The van der Waals surface area contributed by atoms with Gasteiger partial charge in [-0.2, -0.15) is 0 Å². The zero-order chi connectivity index (χ0) is 35.1. The van der Waals surface area contributed by atoms with Crippen LogP contribution in [0.5, 0.6) is 0 Å². The Hall–Kier alpha value is -7.17. The van der Waals surface area contributed by atoms with E-state index in [1.165, 1.54) is 11.1 Å². The fourth-order valence-electron chi connectivity index (χ4n) is 7.31. The van der Waals surface area contributed by atoms with Gasteiger partial charge in [-0.3, -0.25) is 0 Å². The Morgan fingerprint density at radius 1 is 0.302 bits per heavy atom. The highest BCUT2D eigenvalue weighted by molar-refractivity contribution is 6.13. The fourth-order valence-corrected chi connectivity index (χ4v) is 7.31. The van der Waals surface area contributed by atoms with Crippen LogP contribution in [-0.2, 0) is 0 Å². The Morgan fingerprint density at radius 3 is 1.57 bits per heavy atom. The number of benzene rings is 8. The fraction of sp³-hybridized carbons (Fsp3) is 0. The first kappa shape index (κ1) is 30.6. The summed E-state index contributed by atoms with van der Waals surface area (Å²) < 4.78 is 6.50. The molecule has 4 heteroatoms. The van der Waals surface area contributed by atoms with Crippen LogP contribution in [0.4, 0.5) is 0 Å². The lowest BCUT2D eigenvalue weighted by Crippen LogP contribution is -2.00. The van der Waals surface area contributed by atoms with Crippen molar-refractivity contribution >= 4 is 32.7 Å². The smallest absolute Gasteiger partial charge is 0.164 e. The van der Waals surface area contributed by atoms with Crippen LogP contribution in [0.25, 0.3) is 100 Å². The minimum Gasteiger partial charge on any atom is -0.456 e. The van der Waals surface area contributed by atoms with Crippen molar-refractivity contribution < 1.29 is 4.42 Å². The molecule has 0 amide bonds. The van der Waals surface area contributed by atoms with Crippen molar-refractivity contribution in [3.05, 3.63) is 188 Å². The quantitative estimate of drug-likeness (QED) is 0.176. The lowest BCUT2D eigenvalue weighted by molar-refractivity contribution is 0.669. The van der Waals surface area contributed by atoms with Gasteiger partial charge in [0, 0.05) is 27.5 Å². The molecule has 8 aromatic carbocycles. The molecule has 0 spiro atoms. The molecule has 0 aliphatic heterocycles. The van der Waals surface area contributed by atoms with E-state index in [0.717, 1.165) is 71.7 Å². The SMILES string of the molecule is c1ccc(-c2ccc(-c3nc(-c4ccc5c(c4)oc4cccc(-c6ccccc6)c45)nc(-c4cccc5cc(-c6ccccc6)ccc45)n3)cc2)cc1. The van der Waals surface area contributed by atoms with Crippen LogP contribution in [0.15, 0.2) is 192 Å². The number of fused-ring (bicyclic) bond motifs is 4. The molecule has 10 aromatic rings. The minimum absolute atomic E-state index is 0.584. The molecule has 53 heavy (non-hydrogen) atoms. The molecular formula is C49H31N3O. The van der Waals surface area contributed by atoms with E-state index in [1.54, 1.807) is 0 Å². The molecule has 0 saturated heterocycles. The third-order valence-corrected chi connectivity index (χ3v) is 9.95. The summed E-state index contributed by atoms with van der Waals surface area (Å²) in [6.45, 7) is 0. The van der Waals surface area contributed by atoms with Crippen LogP contribution in [-0.4, -0.2) is 15.0 Å². The molecule has 4 nitrogen and oxygen atoms in total. The van der Waals surface area contributed by atoms with E-state index in [4.69, 9.17) is 19.4 Å². The largest absolute Gasteiger partial charge is 0.456 e.